The first-order valence-electron chi connectivity index (χ1n) is 4.94. The molecule has 86 valence electrons. The minimum atomic E-state index is 0.509. The first-order valence-corrected chi connectivity index (χ1v) is 6.15. The van der Waals surface area contributed by atoms with Crippen molar-refractivity contribution >= 4 is 47.7 Å². The van der Waals surface area contributed by atoms with E-state index in [0.717, 1.165) is 16.1 Å². The van der Waals surface area contributed by atoms with E-state index in [1.165, 1.54) is 0 Å². The summed E-state index contributed by atoms with van der Waals surface area (Å²) in [5, 5.41) is 1.03. The van der Waals surface area contributed by atoms with Gasteiger partial charge in [-0.25, -0.2) is 0 Å². The molecule has 0 saturated heterocycles. The third-order valence-electron chi connectivity index (χ3n) is 2.21. The average molecular weight is 282 g/mol. The third-order valence-corrected chi connectivity index (χ3v) is 3.42. The minimum Gasteiger partial charge on any atom is -0.255 e. The standard InChI is InChI=1S/C13H9Cl2NS/c14-10-5-3-4-9(13(10)15)8-16-11-6-1-2-7-12(11)17/h1-8,17H. The summed E-state index contributed by atoms with van der Waals surface area (Å²) in [6.45, 7) is 0. The van der Waals surface area contributed by atoms with Gasteiger partial charge in [-0.05, 0) is 18.2 Å². The summed E-state index contributed by atoms with van der Waals surface area (Å²) in [5.41, 5.74) is 1.59. The first-order chi connectivity index (χ1) is 8.18. The van der Waals surface area contributed by atoms with Gasteiger partial charge in [0.1, 0.15) is 0 Å². The molecule has 0 aromatic heterocycles. The van der Waals surface area contributed by atoms with Crippen molar-refractivity contribution in [3.8, 4) is 0 Å². The molecule has 0 aliphatic rings. The summed E-state index contributed by atoms with van der Waals surface area (Å²) >= 11 is 16.3. The molecule has 0 atom stereocenters. The number of aliphatic imine (C=N–C) groups is 1. The molecule has 1 nitrogen and oxygen atoms in total. The number of thiol groups is 1. The lowest BCUT2D eigenvalue weighted by Gasteiger charge is -2.00. The molecule has 0 aliphatic carbocycles. The van der Waals surface area contributed by atoms with E-state index in [0.29, 0.717) is 10.0 Å². The van der Waals surface area contributed by atoms with Crippen LogP contribution >= 0.6 is 35.8 Å². The van der Waals surface area contributed by atoms with E-state index < -0.39 is 0 Å². The Hall–Kier alpha value is -0.960. The molecule has 17 heavy (non-hydrogen) atoms. The summed E-state index contributed by atoms with van der Waals surface area (Å²) in [6, 6.07) is 13.0. The van der Waals surface area contributed by atoms with Gasteiger partial charge in [-0.2, -0.15) is 0 Å². The zero-order chi connectivity index (χ0) is 12.3. The monoisotopic (exact) mass is 281 g/mol. The van der Waals surface area contributed by atoms with Crippen LogP contribution in [0.4, 0.5) is 5.69 Å². The molecule has 0 fully saturated rings. The fourth-order valence-corrected chi connectivity index (χ4v) is 1.91. The lowest BCUT2D eigenvalue weighted by atomic mass is 10.2. The molecule has 0 saturated carbocycles. The second-order valence-corrected chi connectivity index (χ2v) is 4.66. The average Bonchev–Trinajstić information content (AvgIpc) is 2.33. The summed E-state index contributed by atoms with van der Waals surface area (Å²) in [4.78, 5) is 5.15. The van der Waals surface area contributed by atoms with Crippen molar-refractivity contribution in [3.05, 3.63) is 58.1 Å². The zero-order valence-corrected chi connectivity index (χ0v) is 11.2. The van der Waals surface area contributed by atoms with Gasteiger partial charge in [0.25, 0.3) is 0 Å². The topological polar surface area (TPSA) is 12.4 Å². The molecule has 0 amide bonds. The van der Waals surface area contributed by atoms with Gasteiger partial charge in [-0.15, -0.1) is 12.6 Å². The maximum atomic E-state index is 6.06. The number of para-hydroxylation sites is 1. The highest BCUT2D eigenvalue weighted by Gasteiger charge is 2.01. The molecule has 0 radical (unpaired) electrons. The van der Waals surface area contributed by atoms with Gasteiger partial charge in [0.2, 0.25) is 0 Å². The molecule has 2 aromatic rings. The molecule has 0 N–H and O–H groups in total. The van der Waals surface area contributed by atoms with Crippen LogP contribution in [0.1, 0.15) is 5.56 Å². The summed E-state index contributed by atoms with van der Waals surface area (Å²) in [5.74, 6) is 0. The Morgan fingerprint density at radius 2 is 1.76 bits per heavy atom. The Bertz CT molecular complexity index is 567. The molecule has 0 spiro atoms. The largest absolute Gasteiger partial charge is 0.255 e. The normalized spacial score (nSPS) is 11.0. The number of hydrogen-bond donors (Lipinski definition) is 1. The van der Waals surface area contributed by atoms with E-state index in [2.05, 4.69) is 17.6 Å². The Balaban J connectivity index is 2.33. The smallest absolute Gasteiger partial charge is 0.0763 e. The SMILES string of the molecule is Sc1ccccc1N=Cc1cccc(Cl)c1Cl. The Morgan fingerprint density at radius 3 is 2.53 bits per heavy atom. The van der Waals surface area contributed by atoms with Gasteiger partial charge in [0, 0.05) is 16.7 Å². The highest BCUT2D eigenvalue weighted by Crippen LogP contribution is 2.26. The number of hydrogen-bond acceptors (Lipinski definition) is 2. The van der Waals surface area contributed by atoms with Crippen LogP contribution in [0.5, 0.6) is 0 Å². The van der Waals surface area contributed by atoms with Crippen molar-refractivity contribution in [1.29, 1.82) is 0 Å². The van der Waals surface area contributed by atoms with Crippen molar-refractivity contribution in [1.82, 2.24) is 0 Å². The van der Waals surface area contributed by atoms with Crippen LogP contribution in [-0.2, 0) is 0 Å². The van der Waals surface area contributed by atoms with Crippen LogP contribution in [0, 0.1) is 0 Å². The van der Waals surface area contributed by atoms with Gasteiger partial charge in [-0.1, -0.05) is 47.5 Å². The quantitative estimate of drug-likeness (QED) is 0.585. The lowest BCUT2D eigenvalue weighted by Crippen LogP contribution is -1.83. The van der Waals surface area contributed by atoms with E-state index in [1.807, 2.05) is 36.4 Å². The van der Waals surface area contributed by atoms with Crippen molar-refractivity contribution < 1.29 is 0 Å². The molecule has 0 bridgehead atoms. The van der Waals surface area contributed by atoms with Crippen molar-refractivity contribution in [2.75, 3.05) is 0 Å². The molecule has 4 heteroatoms. The van der Waals surface area contributed by atoms with Crippen LogP contribution in [0.2, 0.25) is 10.0 Å². The summed E-state index contributed by atoms with van der Waals surface area (Å²) in [7, 11) is 0. The molecular formula is C13H9Cl2NS. The van der Waals surface area contributed by atoms with Gasteiger partial charge >= 0.3 is 0 Å². The van der Waals surface area contributed by atoms with Gasteiger partial charge < -0.3 is 0 Å². The summed E-state index contributed by atoms with van der Waals surface area (Å²) in [6.07, 6.45) is 1.68. The molecule has 0 heterocycles. The Morgan fingerprint density at radius 1 is 1.00 bits per heavy atom. The third kappa shape index (κ3) is 3.03. The predicted octanol–water partition coefficient (Wildman–Crippen LogP) is 5.03. The number of benzene rings is 2. The Kier molecular flexibility index (Phi) is 4.11. The fourth-order valence-electron chi connectivity index (χ4n) is 1.33. The van der Waals surface area contributed by atoms with Crippen LogP contribution < -0.4 is 0 Å². The van der Waals surface area contributed by atoms with Crippen LogP contribution in [0.3, 0.4) is 0 Å². The van der Waals surface area contributed by atoms with E-state index in [4.69, 9.17) is 23.2 Å². The second-order valence-electron chi connectivity index (χ2n) is 3.39. The van der Waals surface area contributed by atoms with E-state index in [1.54, 1.807) is 12.3 Å². The maximum Gasteiger partial charge on any atom is 0.0763 e. The number of nitrogens with zero attached hydrogens (tertiary/aromatic N) is 1. The highest BCUT2D eigenvalue weighted by molar-refractivity contribution is 7.80. The van der Waals surface area contributed by atoms with Gasteiger partial charge in [-0.3, -0.25) is 4.99 Å². The van der Waals surface area contributed by atoms with E-state index in [9.17, 15) is 0 Å². The van der Waals surface area contributed by atoms with E-state index in [-0.39, 0.29) is 0 Å². The maximum absolute atomic E-state index is 6.06. The molecule has 0 unspecified atom stereocenters. The molecule has 0 aliphatic heterocycles. The zero-order valence-electron chi connectivity index (χ0n) is 8.77. The highest BCUT2D eigenvalue weighted by atomic mass is 35.5. The fraction of sp³-hybridized carbons (Fsp3) is 0. The number of halogens is 2. The molecule has 2 rings (SSSR count). The van der Waals surface area contributed by atoms with Crippen LogP contribution in [0.15, 0.2) is 52.4 Å². The van der Waals surface area contributed by atoms with Crippen LogP contribution in [-0.4, -0.2) is 6.21 Å². The predicted molar refractivity (Wildman–Crippen MR) is 77.4 cm³/mol. The first kappa shape index (κ1) is 12.5. The lowest BCUT2D eigenvalue weighted by molar-refractivity contribution is 1.39. The molecule has 2 aromatic carbocycles. The van der Waals surface area contributed by atoms with Gasteiger partial charge in [0.15, 0.2) is 0 Å². The van der Waals surface area contributed by atoms with Crippen molar-refractivity contribution in [2.24, 2.45) is 4.99 Å². The Labute approximate surface area is 116 Å². The summed E-state index contributed by atoms with van der Waals surface area (Å²) < 4.78 is 0. The molecular weight excluding hydrogens is 273 g/mol. The van der Waals surface area contributed by atoms with Gasteiger partial charge in [0.05, 0.1) is 15.7 Å². The van der Waals surface area contributed by atoms with E-state index >= 15 is 0 Å². The second kappa shape index (κ2) is 5.58. The minimum absolute atomic E-state index is 0.509. The van der Waals surface area contributed by atoms with Crippen LogP contribution in [0.25, 0.3) is 0 Å². The van der Waals surface area contributed by atoms with Crippen molar-refractivity contribution in [2.45, 2.75) is 4.90 Å². The number of rotatable bonds is 2. The van der Waals surface area contributed by atoms with Crippen molar-refractivity contribution in [3.63, 3.8) is 0 Å².